The van der Waals surface area contributed by atoms with Crippen molar-refractivity contribution in [2.45, 2.75) is 32.8 Å². The van der Waals surface area contributed by atoms with Crippen LogP contribution in [0, 0.1) is 5.92 Å². The van der Waals surface area contributed by atoms with Gasteiger partial charge in [0.25, 0.3) is 0 Å². The van der Waals surface area contributed by atoms with Gasteiger partial charge in [-0.2, -0.15) is 5.10 Å². The molecule has 0 bridgehead atoms. The van der Waals surface area contributed by atoms with Crippen molar-refractivity contribution in [3.63, 3.8) is 0 Å². The molecule has 2 unspecified atom stereocenters. The maximum absolute atomic E-state index is 5.91. The van der Waals surface area contributed by atoms with Crippen molar-refractivity contribution < 1.29 is 4.74 Å². The van der Waals surface area contributed by atoms with E-state index in [1.54, 1.807) is 0 Å². The first kappa shape index (κ1) is 12.6. The van der Waals surface area contributed by atoms with Crippen molar-refractivity contribution in [2.75, 3.05) is 19.7 Å². The molecule has 17 heavy (non-hydrogen) atoms. The quantitative estimate of drug-likeness (QED) is 0.846. The Morgan fingerprint density at radius 2 is 2.35 bits per heavy atom. The van der Waals surface area contributed by atoms with Gasteiger partial charge in [-0.3, -0.25) is 4.68 Å². The summed E-state index contributed by atoms with van der Waals surface area (Å²) in [6.45, 7) is 7.24. The molecule has 1 aromatic heterocycles. The second kappa shape index (κ2) is 5.65. The number of ether oxygens (including phenoxy) is 1. The molecule has 0 saturated carbocycles. The highest BCUT2D eigenvalue weighted by Gasteiger charge is 2.31. The summed E-state index contributed by atoms with van der Waals surface area (Å²) in [5.41, 5.74) is 2.47. The third kappa shape index (κ3) is 2.69. The monoisotopic (exact) mass is 237 g/mol. The predicted molar refractivity (Wildman–Crippen MR) is 67.9 cm³/mol. The summed E-state index contributed by atoms with van der Waals surface area (Å²) >= 11 is 0. The van der Waals surface area contributed by atoms with E-state index >= 15 is 0 Å². The molecule has 0 aliphatic carbocycles. The summed E-state index contributed by atoms with van der Waals surface area (Å²) < 4.78 is 7.81. The third-order valence-electron chi connectivity index (χ3n) is 3.45. The summed E-state index contributed by atoms with van der Waals surface area (Å²) in [5, 5.41) is 7.93. The maximum atomic E-state index is 5.91. The highest BCUT2D eigenvalue weighted by Crippen LogP contribution is 2.35. The van der Waals surface area contributed by atoms with E-state index in [2.05, 4.69) is 30.5 Å². The lowest BCUT2D eigenvalue weighted by atomic mass is 9.95. The van der Waals surface area contributed by atoms with E-state index in [-0.39, 0.29) is 6.10 Å². The van der Waals surface area contributed by atoms with E-state index in [9.17, 15) is 0 Å². The summed E-state index contributed by atoms with van der Waals surface area (Å²) in [7, 11) is 1.98. The van der Waals surface area contributed by atoms with Crippen LogP contribution in [0.15, 0.2) is 6.20 Å². The Morgan fingerprint density at radius 3 is 3.06 bits per heavy atom. The minimum absolute atomic E-state index is 0.234. The van der Waals surface area contributed by atoms with Gasteiger partial charge in [0.2, 0.25) is 0 Å². The summed E-state index contributed by atoms with van der Waals surface area (Å²) in [6, 6.07) is 0. The van der Waals surface area contributed by atoms with Crippen molar-refractivity contribution >= 4 is 0 Å². The molecule has 1 N–H and O–H groups in total. The smallest absolute Gasteiger partial charge is 0.0899 e. The minimum atomic E-state index is 0.234. The Labute approximate surface area is 103 Å². The average molecular weight is 237 g/mol. The molecule has 1 fully saturated rings. The van der Waals surface area contributed by atoms with Crippen LogP contribution in [0.5, 0.6) is 0 Å². The summed E-state index contributed by atoms with van der Waals surface area (Å²) in [5.74, 6) is 0.587. The number of nitrogens with zero attached hydrogens (tertiary/aromatic N) is 2. The van der Waals surface area contributed by atoms with Gasteiger partial charge in [-0.15, -0.1) is 0 Å². The van der Waals surface area contributed by atoms with E-state index in [0.29, 0.717) is 5.92 Å². The van der Waals surface area contributed by atoms with Crippen LogP contribution < -0.4 is 5.32 Å². The highest BCUT2D eigenvalue weighted by atomic mass is 16.5. The molecule has 1 aliphatic rings. The molecule has 2 atom stereocenters. The zero-order valence-electron chi connectivity index (χ0n) is 11.1. The molecule has 0 aromatic carbocycles. The molecule has 2 heterocycles. The fraction of sp³-hybridized carbons (Fsp3) is 0.769. The lowest BCUT2D eigenvalue weighted by Gasteiger charge is -2.18. The van der Waals surface area contributed by atoms with Crippen molar-refractivity contribution in [3.05, 3.63) is 17.5 Å². The molecule has 0 radical (unpaired) electrons. The number of rotatable bonds is 5. The first-order chi connectivity index (χ1) is 8.26. The maximum Gasteiger partial charge on any atom is 0.0899 e. The zero-order valence-corrected chi connectivity index (χ0v) is 11.1. The van der Waals surface area contributed by atoms with Crippen LogP contribution in [0.3, 0.4) is 0 Å². The second-order valence-electron chi connectivity index (χ2n) is 4.71. The van der Waals surface area contributed by atoms with Crippen LogP contribution in [-0.2, 0) is 18.2 Å². The van der Waals surface area contributed by atoms with Gasteiger partial charge in [-0.1, -0.05) is 13.8 Å². The standard InChI is InChI=1S/C13H23N3O/c1-4-12-11(9-16(3)15-12)13-10(6-7-17-13)8-14-5-2/h9-10,13-14H,4-8H2,1-3H3. The molecule has 4 heteroatoms. The number of aryl methyl sites for hydroxylation is 2. The third-order valence-corrected chi connectivity index (χ3v) is 3.45. The molecule has 0 spiro atoms. The molecule has 2 rings (SSSR count). The van der Waals surface area contributed by atoms with Crippen molar-refractivity contribution in [1.82, 2.24) is 15.1 Å². The zero-order chi connectivity index (χ0) is 12.3. The molecule has 4 nitrogen and oxygen atoms in total. The van der Waals surface area contributed by atoms with Crippen LogP contribution in [0.25, 0.3) is 0 Å². The van der Waals surface area contributed by atoms with Gasteiger partial charge in [-0.05, 0) is 19.4 Å². The first-order valence-electron chi connectivity index (χ1n) is 6.61. The van der Waals surface area contributed by atoms with Crippen LogP contribution in [0.2, 0.25) is 0 Å². The molecular formula is C13H23N3O. The van der Waals surface area contributed by atoms with Crippen molar-refractivity contribution in [2.24, 2.45) is 13.0 Å². The topological polar surface area (TPSA) is 39.1 Å². The number of hydrogen-bond acceptors (Lipinski definition) is 3. The van der Waals surface area contributed by atoms with Gasteiger partial charge in [-0.25, -0.2) is 0 Å². The molecular weight excluding hydrogens is 214 g/mol. The van der Waals surface area contributed by atoms with Crippen molar-refractivity contribution in [1.29, 1.82) is 0 Å². The van der Waals surface area contributed by atoms with Crippen LogP contribution >= 0.6 is 0 Å². The van der Waals surface area contributed by atoms with Gasteiger partial charge in [0.15, 0.2) is 0 Å². The lowest BCUT2D eigenvalue weighted by molar-refractivity contribution is 0.0899. The lowest BCUT2D eigenvalue weighted by Crippen LogP contribution is -2.24. The van der Waals surface area contributed by atoms with E-state index in [1.165, 1.54) is 11.3 Å². The van der Waals surface area contributed by atoms with Gasteiger partial charge in [0, 0.05) is 37.9 Å². The van der Waals surface area contributed by atoms with Crippen LogP contribution in [-0.4, -0.2) is 29.5 Å². The summed E-state index contributed by atoms with van der Waals surface area (Å²) in [6.07, 6.45) is 4.48. The highest BCUT2D eigenvalue weighted by molar-refractivity contribution is 5.22. The Balaban J connectivity index is 2.13. The van der Waals surface area contributed by atoms with Crippen molar-refractivity contribution in [3.8, 4) is 0 Å². The largest absolute Gasteiger partial charge is 0.373 e. The minimum Gasteiger partial charge on any atom is -0.373 e. The Hall–Kier alpha value is -0.870. The summed E-state index contributed by atoms with van der Waals surface area (Å²) in [4.78, 5) is 0. The normalized spacial score (nSPS) is 24.4. The van der Waals surface area contributed by atoms with Crippen LogP contribution in [0.1, 0.15) is 37.6 Å². The van der Waals surface area contributed by atoms with E-state index in [0.717, 1.165) is 32.5 Å². The Bertz CT molecular complexity index is 362. The fourth-order valence-electron chi connectivity index (χ4n) is 2.58. The molecule has 0 amide bonds. The SMILES string of the molecule is CCNCC1CCOC1c1cn(C)nc1CC. The molecule has 1 aliphatic heterocycles. The first-order valence-corrected chi connectivity index (χ1v) is 6.61. The fourth-order valence-corrected chi connectivity index (χ4v) is 2.58. The Kier molecular flexibility index (Phi) is 4.18. The van der Waals surface area contributed by atoms with Gasteiger partial charge in [0.05, 0.1) is 11.8 Å². The second-order valence-corrected chi connectivity index (χ2v) is 4.71. The number of aromatic nitrogens is 2. The number of hydrogen-bond donors (Lipinski definition) is 1. The average Bonchev–Trinajstić information content (AvgIpc) is 2.91. The van der Waals surface area contributed by atoms with E-state index in [1.807, 2.05) is 11.7 Å². The molecule has 1 aromatic rings. The van der Waals surface area contributed by atoms with Gasteiger partial charge >= 0.3 is 0 Å². The number of nitrogens with one attached hydrogen (secondary N) is 1. The van der Waals surface area contributed by atoms with Gasteiger partial charge < -0.3 is 10.1 Å². The van der Waals surface area contributed by atoms with E-state index in [4.69, 9.17) is 4.74 Å². The molecule has 96 valence electrons. The van der Waals surface area contributed by atoms with Crippen LogP contribution in [0.4, 0.5) is 0 Å². The van der Waals surface area contributed by atoms with Gasteiger partial charge in [0.1, 0.15) is 0 Å². The molecule has 1 saturated heterocycles. The predicted octanol–water partition coefficient (Wildman–Crippen LogP) is 1.67. The van der Waals surface area contributed by atoms with E-state index < -0.39 is 0 Å². The Morgan fingerprint density at radius 1 is 1.53 bits per heavy atom.